The first-order chi connectivity index (χ1) is 18.3. The summed E-state index contributed by atoms with van der Waals surface area (Å²) in [5.74, 6) is -2.69. The number of amides is 3. The molecule has 3 amide bonds. The maximum Gasteiger partial charge on any atom is 0.308 e. The first-order valence-corrected chi connectivity index (χ1v) is 14.8. The van der Waals surface area contributed by atoms with Gasteiger partial charge in [-0.3, -0.25) is 23.7 Å². The molecule has 12 heteroatoms. The van der Waals surface area contributed by atoms with Gasteiger partial charge in [0.05, 0.1) is 16.6 Å². The van der Waals surface area contributed by atoms with Crippen LogP contribution in [0.15, 0.2) is 80.3 Å². The molecule has 2 aliphatic heterocycles. The zero-order valence-corrected chi connectivity index (χ0v) is 23.3. The molecule has 0 spiro atoms. The number of nitrogens with zero attached hydrogens (tertiary/aromatic N) is 2. The van der Waals surface area contributed by atoms with Gasteiger partial charge in [0.1, 0.15) is 17.6 Å². The van der Waals surface area contributed by atoms with Gasteiger partial charge in [0, 0.05) is 25.8 Å². The molecule has 38 heavy (non-hydrogen) atoms. The van der Waals surface area contributed by atoms with Gasteiger partial charge >= 0.3 is 4.87 Å². The van der Waals surface area contributed by atoms with Crippen molar-refractivity contribution in [3.63, 3.8) is 0 Å². The topological polar surface area (TPSA) is 88.5 Å². The number of rotatable bonds is 5. The smallest absolute Gasteiger partial charge is 0.308 e. The van der Waals surface area contributed by atoms with Crippen LogP contribution in [0.4, 0.5) is 15.8 Å². The Balaban J connectivity index is 1.38. The van der Waals surface area contributed by atoms with Crippen molar-refractivity contribution in [3.05, 3.63) is 95.8 Å². The predicted octanol–water partition coefficient (Wildman–Crippen LogP) is 5.31. The number of hydrogen-bond donors (Lipinski definition) is 1. The van der Waals surface area contributed by atoms with E-state index in [0.717, 1.165) is 20.7 Å². The maximum absolute atomic E-state index is 13.8. The molecule has 4 heterocycles. The van der Waals surface area contributed by atoms with Gasteiger partial charge in [-0.25, -0.2) is 9.29 Å². The molecule has 4 aromatic rings. The lowest BCUT2D eigenvalue weighted by molar-refractivity contribution is -0.122. The Morgan fingerprint density at radius 3 is 2.42 bits per heavy atom. The van der Waals surface area contributed by atoms with Crippen molar-refractivity contribution in [2.45, 2.75) is 22.7 Å². The predicted molar refractivity (Wildman–Crippen MR) is 150 cm³/mol. The number of imide groups is 1. The Hall–Kier alpha value is -3.06. The lowest BCUT2D eigenvalue weighted by Crippen LogP contribution is -2.32. The molecule has 2 aromatic carbocycles. The van der Waals surface area contributed by atoms with Crippen molar-refractivity contribution in [1.29, 1.82) is 0 Å². The number of nitrogens with one attached hydrogen (secondary N) is 1. The standard InChI is InChI=1S/C26H17BrFN3O4S3/c27-13-3-9-16(10-4-13)31-23(33)20-19(17-2-1-11-36-17)22-25(37-21(20)24(31)34)30(26(35)38-22)12-18(32)29-15-7-5-14(28)6-8-15/h1-11,19-21H,12H2,(H,29,32)/t19-,20?,21?/m0/s1. The van der Waals surface area contributed by atoms with Gasteiger partial charge in [0.25, 0.3) is 0 Å². The van der Waals surface area contributed by atoms with Gasteiger partial charge in [-0.05, 0) is 60.0 Å². The summed E-state index contributed by atoms with van der Waals surface area (Å²) in [6, 6.07) is 16.1. The summed E-state index contributed by atoms with van der Waals surface area (Å²) in [6.45, 7) is -0.276. The zero-order valence-electron chi connectivity index (χ0n) is 19.3. The third kappa shape index (κ3) is 4.35. The maximum atomic E-state index is 13.8. The Kier molecular flexibility index (Phi) is 6.58. The summed E-state index contributed by atoms with van der Waals surface area (Å²) in [5, 5.41) is 4.35. The summed E-state index contributed by atoms with van der Waals surface area (Å²) in [4.78, 5) is 55.8. The SMILES string of the molecule is O=C(Cn1c2c(sc1=O)[C@@H](c1cccs1)C1C(=O)N(c3ccc(Br)cc3)C(=O)C1S2)Nc1ccc(F)cc1. The molecule has 1 N–H and O–H groups in total. The largest absolute Gasteiger partial charge is 0.325 e. The summed E-state index contributed by atoms with van der Waals surface area (Å²) >= 11 is 7.01. The molecule has 6 rings (SSSR count). The number of thioether (sulfide) groups is 1. The second-order valence-corrected chi connectivity index (χ2v) is 12.7. The van der Waals surface area contributed by atoms with Gasteiger partial charge in [0.2, 0.25) is 17.7 Å². The number of carbonyl (C=O) groups is 3. The van der Waals surface area contributed by atoms with Crippen molar-refractivity contribution in [3.8, 4) is 0 Å². The summed E-state index contributed by atoms with van der Waals surface area (Å²) in [6.07, 6.45) is 0. The molecule has 3 atom stereocenters. The molecular formula is C26H17BrFN3O4S3. The van der Waals surface area contributed by atoms with Crippen molar-refractivity contribution < 1.29 is 18.8 Å². The minimum Gasteiger partial charge on any atom is -0.325 e. The molecule has 7 nitrogen and oxygen atoms in total. The number of fused-ring (bicyclic) bond motifs is 2. The molecule has 0 aliphatic carbocycles. The van der Waals surface area contributed by atoms with E-state index in [2.05, 4.69) is 21.2 Å². The van der Waals surface area contributed by atoms with E-state index in [-0.39, 0.29) is 23.2 Å². The number of hydrogen-bond acceptors (Lipinski definition) is 7. The third-order valence-corrected chi connectivity index (χ3v) is 10.5. The molecule has 0 bridgehead atoms. The molecule has 2 unspecified atom stereocenters. The van der Waals surface area contributed by atoms with Crippen LogP contribution in [0.5, 0.6) is 0 Å². The van der Waals surface area contributed by atoms with Gasteiger partial charge in [-0.1, -0.05) is 45.1 Å². The fraction of sp³-hybridized carbons (Fsp3) is 0.154. The number of thiophene rings is 1. The fourth-order valence-electron chi connectivity index (χ4n) is 4.75. The average Bonchev–Trinajstić information content (AvgIpc) is 3.59. The van der Waals surface area contributed by atoms with Crippen LogP contribution in [0, 0.1) is 11.7 Å². The van der Waals surface area contributed by atoms with Crippen LogP contribution in [0.1, 0.15) is 15.7 Å². The monoisotopic (exact) mass is 629 g/mol. The molecule has 1 saturated heterocycles. The van der Waals surface area contributed by atoms with Crippen molar-refractivity contribution in [1.82, 2.24) is 4.57 Å². The first-order valence-electron chi connectivity index (χ1n) is 11.4. The average molecular weight is 631 g/mol. The number of thiazole rings is 1. The summed E-state index contributed by atoms with van der Waals surface area (Å²) < 4.78 is 15.4. The molecule has 2 aliphatic rings. The molecule has 1 fully saturated rings. The Morgan fingerprint density at radius 2 is 1.74 bits per heavy atom. The van der Waals surface area contributed by atoms with Crippen LogP contribution >= 0.6 is 50.4 Å². The second-order valence-electron chi connectivity index (χ2n) is 8.72. The highest BCUT2D eigenvalue weighted by Crippen LogP contribution is 2.54. The van der Waals surface area contributed by atoms with E-state index >= 15 is 0 Å². The van der Waals surface area contributed by atoms with Crippen LogP contribution in [0.25, 0.3) is 0 Å². The van der Waals surface area contributed by atoms with Crippen molar-refractivity contribution >= 4 is 79.5 Å². The van der Waals surface area contributed by atoms with E-state index in [1.54, 1.807) is 24.3 Å². The molecule has 192 valence electrons. The summed E-state index contributed by atoms with van der Waals surface area (Å²) in [5.41, 5.74) is 0.891. The summed E-state index contributed by atoms with van der Waals surface area (Å²) in [7, 11) is 0. The minimum atomic E-state index is -0.744. The van der Waals surface area contributed by atoms with Crippen molar-refractivity contribution in [2.24, 2.45) is 5.92 Å². The van der Waals surface area contributed by atoms with Crippen molar-refractivity contribution in [2.75, 3.05) is 10.2 Å². The van der Waals surface area contributed by atoms with Crippen LogP contribution in [0.2, 0.25) is 0 Å². The molecular weight excluding hydrogens is 613 g/mol. The minimum absolute atomic E-state index is 0.276. The molecule has 0 saturated carbocycles. The Morgan fingerprint density at radius 1 is 1.00 bits per heavy atom. The highest BCUT2D eigenvalue weighted by Gasteiger charge is 2.57. The lowest BCUT2D eigenvalue weighted by atomic mass is 9.87. The molecule has 0 radical (unpaired) electrons. The van der Waals surface area contributed by atoms with E-state index in [0.29, 0.717) is 21.3 Å². The number of halogens is 2. The van der Waals surface area contributed by atoms with E-state index in [9.17, 15) is 23.6 Å². The first kappa shape index (κ1) is 25.2. The number of anilines is 2. The number of aromatic nitrogens is 1. The Labute approximate surface area is 236 Å². The van der Waals surface area contributed by atoms with E-state index in [4.69, 9.17) is 0 Å². The van der Waals surface area contributed by atoms with E-state index in [1.807, 2.05) is 17.5 Å². The Bertz CT molecular complexity index is 1620. The van der Waals surface area contributed by atoms with E-state index in [1.165, 1.54) is 56.8 Å². The van der Waals surface area contributed by atoms with Crippen LogP contribution < -0.4 is 15.1 Å². The number of benzene rings is 2. The zero-order chi connectivity index (χ0) is 26.6. The van der Waals surface area contributed by atoms with Crippen LogP contribution in [-0.4, -0.2) is 27.5 Å². The highest BCUT2D eigenvalue weighted by molar-refractivity contribution is 9.10. The third-order valence-electron chi connectivity index (χ3n) is 6.41. The normalized spacial score (nSPS) is 20.4. The van der Waals surface area contributed by atoms with E-state index < -0.39 is 28.8 Å². The quantitative estimate of drug-likeness (QED) is 0.302. The molecule has 2 aromatic heterocycles. The van der Waals surface area contributed by atoms with Crippen LogP contribution in [0.3, 0.4) is 0 Å². The second kappa shape index (κ2) is 9.92. The van der Waals surface area contributed by atoms with Gasteiger partial charge in [-0.2, -0.15) is 0 Å². The van der Waals surface area contributed by atoms with Gasteiger partial charge in [0.15, 0.2) is 0 Å². The highest BCUT2D eigenvalue weighted by atomic mass is 79.9. The number of carbonyl (C=O) groups excluding carboxylic acids is 3. The van der Waals surface area contributed by atoms with Gasteiger partial charge < -0.3 is 5.32 Å². The van der Waals surface area contributed by atoms with Gasteiger partial charge in [-0.15, -0.1) is 11.3 Å². The lowest BCUT2D eigenvalue weighted by Gasteiger charge is -2.29. The van der Waals surface area contributed by atoms with Crippen LogP contribution in [-0.2, 0) is 20.9 Å². The fourth-order valence-corrected chi connectivity index (χ4v) is 8.74.